The van der Waals surface area contributed by atoms with Crippen LogP contribution in [0.15, 0.2) is 0 Å². The first-order valence-corrected chi connectivity index (χ1v) is 6.45. The lowest BCUT2D eigenvalue weighted by molar-refractivity contribution is -0.164. The van der Waals surface area contributed by atoms with Crippen molar-refractivity contribution >= 4 is 17.5 Å². The molecule has 2 unspecified atom stereocenters. The number of ether oxygens (including phenoxy) is 1. The van der Waals surface area contributed by atoms with Crippen molar-refractivity contribution in [2.24, 2.45) is 11.8 Å². The summed E-state index contributed by atoms with van der Waals surface area (Å²) in [6.07, 6.45) is 2.39. The first-order chi connectivity index (χ1) is 8.20. The van der Waals surface area contributed by atoms with E-state index in [-0.39, 0.29) is 17.5 Å². The Balaban J connectivity index is 2.79. The molecular formula is C14H22O4. The fourth-order valence-electron chi connectivity index (χ4n) is 2.40. The first kappa shape index (κ1) is 14.9. The van der Waals surface area contributed by atoms with E-state index < -0.39 is 17.5 Å². The van der Waals surface area contributed by atoms with Gasteiger partial charge in [-0.15, -0.1) is 0 Å². The van der Waals surface area contributed by atoms with Crippen molar-refractivity contribution in [1.29, 1.82) is 0 Å². The summed E-state index contributed by atoms with van der Waals surface area (Å²) in [5, 5.41) is 0. The van der Waals surface area contributed by atoms with Crippen LogP contribution in [0.3, 0.4) is 0 Å². The lowest BCUT2D eigenvalue weighted by Gasteiger charge is -2.29. The highest BCUT2D eigenvalue weighted by atomic mass is 16.6. The normalized spacial score (nSPS) is 22.4. The maximum Gasteiger partial charge on any atom is 0.317 e. The predicted octanol–water partition coefficient (Wildman–Crippen LogP) is 2.29. The first-order valence-electron chi connectivity index (χ1n) is 6.45. The Bertz CT molecular complexity index is 351. The number of Topliss-reactive ketones (excluding diaryl/α,β-unsaturated/α-hetero) is 2. The van der Waals surface area contributed by atoms with Crippen LogP contribution in [0.1, 0.15) is 53.4 Å². The molecule has 0 aliphatic heterocycles. The third-order valence-corrected chi connectivity index (χ3v) is 3.09. The molecule has 102 valence electrons. The van der Waals surface area contributed by atoms with Gasteiger partial charge < -0.3 is 4.74 Å². The van der Waals surface area contributed by atoms with E-state index in [1.807, 2.05) is 0 Å². The molecule has 0 amide bonds. The second kappa shape index (κ2) is 5.63. The van der Waals surface area contributed by atoms with Crippen LogP contribution in [0.4, 0.5) is 0 Å². The van der Waals surface area contributed by atoms with E-state index in [1.54, 1.807) is 20.8 Å². The van der Waals surface area contributed by atoms with Gasteiger partial charge in [0, 0.05) is 12.8 Å². The van der Waals surface area contributed by atoms with Crippen LogP contribution in [0, 0.1) is 11.8 Å². The van der Waals surface area contributed by atoms with Crippen molar-refractivity contribution in [3.63, 3.8) is 0 Å². The van der Waals surface area contributed by atoms with E-state index >= 15 is 0 Å². The molecule has 0 heterocycles. The topological polar surface area (TPSA) is 60.4 Å². The van der Waals surface area contributed by atoms with E-state index in [9.17, 15) is 14.4 Å². The zero-order valence-electron chi connectivity index (χ0n) is 11.6. The summed E-state index contributed by atoms with van der Waals surface area (Å²) >= 11 is 0. The summed E-state index contributed by atoms with van der Waals surface area (Å²) in [4.78, 5) is 35.2. The van der Waals surface area contributed by atoms with Crippen LogP contribution in [0.25, 0.3) is 0 Å². The third-order valence-electron chi connectivity index (χ3n) is 3.09. The quantitative estimate of drug-likeness (QED) is 0.572. The number of carbonyl (C=O) groups is 3. The molecule has 0 aromatic rings. The molecule has 4 heteroatoms. The zero-order chi connectivity index (χ0) is 13.9. The highest BCUT2D eigenvalue weighted by molar-refractivity contribution is 5.98. The van der Waals surface area contributed by atoms with Gasteiger partial charge in [-0.3, -0.25) is 14.4 Å². The Morgan fingerprint density at radius 3 is 2.39 bits per heavy atom. The van der Waals surface area contributed by atoms with Gasteiger partial charge >= 0.3 is 5.97 Å². The molecular weight excluding hydrogens is 232 g/mol. The molecule has 0 radical (unpaired) electrons. The Labute approximate surface area is 108 Å². The molecule has 0 saturated heterocycles. The van der Waals surface area contributed by atoms with Crippen LogP contribution in [0.5, 0.6) is 0 Å². The fourth-order valence-corrected chi connectivity index (χ4v) is 2.40. The molecule has 1 aliphatic rings. The maximum atomic E-state index is 12.1. The van der Waals surface area contributed by atoms with E-state index in [0.717, 1.165) is 12.8 Å². The van der Waals surface area contributed by atoms with Crippen LogP contribution < -0.4 is 0 Å². The van der Waals surface area contributed by atoms with Gasteiger partial charge in [0.2, 0.25) is 0 Å². The summed E-state index contributed by atoms with van der Waals surface area (Å²) < 4.78 is 5.28. The Kier molecular flexibility index (Phi) is 4.65. The summed E-state index contributed by atoms with van der Waals surface area (Å²) in [6.45, 7) is 6.71. The Morgan fingerprint density at radius 2 is 1.94 bits per heavy atom. The maximum absolute atomic E-state index is 12.1. The highest BCUT2D eigenvalue weighted by Crippen LogP contribution is 2.30. The minimum absolute atomic E-state index is 0.140. The molecule has 18 heavy (non-hydrogen) atoms. The van der Waals surface area contributed by atoms with Crippen molar-refractivity contribution in [1.82, 2.24) is 0 Å². The van der Waals surface area contributed by atoms with Gasteiger partial charge in [-0.25, -0.2) is 0 Å². The van der Waals surface area contributed by atoms with Gasteiger partial charge in [-0.2, -0.15) is 0 Å². The van der Waals surface area contributed by atoms with Crippen molar-refractivity contribution in [3.8, 4) is 0 Å². The molecule has 1 rings (SSSR count). The number of hydrogen-bond donors (Lipinski definition) is 0. The summed E-state index contributed by atoms with van der Waals surface area (Å²) in [5.41, 5.74) is -0.608. The molecule has 0 bridgehead atoms. The molecule has 0 aromatic carbocycles. The van der Waals surface area contributed by atoms with Crippen molar-refractivity contribution < 1.29 is 19.1 Å². The molecule has 0 aromatic heterocycles. The summed E-state index contributed by atoms with van der Waals surface area (Å²) in [5.74, 6) is -1.52. The monoisotopic (exact) mass is 254 g/mol. The van der Waals surface area contributed by atoms with Crippen LogP contribution >= 0.6 is 0 Å². The van der Waals surface area contributed by atoms with Crippen LogP contribution in [0.2, 0.25) is 0 Å². The number of ketones is 2. The molecule has 4 nitrogen and oxygen atoms in total. The van der Waals surface area contributed by atoms with Crippen LogP contribution in [-0.4, -0.2) is 23.1 Å². The fraction of sp³-hybridized carbons (Fsp3) is 0.786. The van der Waals surface area contributed by atoms with E-state index in [4.69, 9.17) is 4.74 Å². The Hall–Kier alpha value is -1.19. The second-order valence-electron chi connectivity index (χ2n) is 6.02. The minimum Gasteiger partial charge on any atom is -0.459 e. The number of hydrogen-bond acceptors (Lipinski definition) is 4. The summed E-state index contributed by atoms with van der Waals surface area (Å²) in [7, 11) is 0. The number of carbonyl (C=O) groups excluding carboxylic acids is 3. The smallest absolute Gasteiger partial charge is 0.317 e. The van der Waals surface area contributed by atoms with Crippen molar-refractivity contribution in [2.75, 3.05) is 0 Å². The van der Waals surface area contributed by atoms with Gasteiger partial charge in [0.05, 0.1) is 0 Å². The van der Waals surface area contributed by atoms with Gasteiger partial charge in [0.1, 0.15) is 23.1 Å². The molecule has 0 N–H and O–H groups in total. The summed E-state index contributed by atoms with van der Waals surface area (Å²) in [6, 6.07) is 0. The number of esters is 1. The van der Waals surface area contributed by atoms with E-state index in [1.165, 1.54) is 6.92 Å². The van der Waals surface area contributed by atoms with E-state index in [0.29, 0.717) is 12.8 Å². The Morgan fingerprint density at radius 1 is 1.33 bits per heavy atom. The van der Waals surface area contributed by atoms with Crippen LogP contribution in [-0.2, 0) is 19.1 Å². The number of rotatable bonds is 3. The lowest BCUT2D eigenvalue weighted by Crippen LogP contribution is -2.38. The molecule has 1 aliphatic carbocycles. The minimum atomic E-state index is -0.784. The van der Waals surface area contributed by atoms with Gasteiger partial charge in [0.15, 0.2) is 0 Å². The SMILES string of the molecule is CC(=O)C(C(=O)OC(C)(C)C)C1CCCC(=O)C1. The molecule has 1 saturated carbocycles. The average molecular weight is 254 g/mol. The largest absolute Gasteiger partial charge is 0.459 e. The van der Waals surface area contributed by atoms with E-state index in [2.05, 4.69) is 0 Å². The zero-order valence-corrected chi connectivity index (χ0v) is 11.6. The highest BCUT2D eigenvalue weighted by Gasteiger charge is 2.37. The second-order valence-corrected chi connectivity index (χ2v) is 6.02. The molecule has 2 atom stereocenters. The van der Waals surface area contributed by atoms with Crippen molar-refractivity contribution in [2.45, 2.75) is 59.0 Å². The lowest BCUT2D eigenvalue weighted by atomic mass is 9.78. The predicted molar refractivity (Wildman–Crippen MR) is 67.0 cm³/mol. The third kappa shape index (κ3) is 4.24. The van der Waals surface area contributed by atoms with Gasteiger partial charge in [0.25, 0.3) is 0 Å². The average Bonchev–Trinajstić information content (AvgIpc) is 2.13. The van der Waals surface area contributed by atoms with Crippen molar-refractivity contribution in [3.05, 3.63) is 0 Å². The van der Waals surface area contributed by atoms with Gasteiger partial charge in [-0.05, 0) is 46.5 Å². The van der Waals surface area contributed by atoms with Gasteiger partial charge in [-0.1, -0.05) is 0 Å². The molecule has 1 fully saturated rings. The molecule has 0 spiro atoms. The standard InChI is InChI=1S/C14H22O4/c1-9(15)12(13(17)18-14(2,3)4)10-6-5-7-11(16)8-10/h10,12H,5-8H2,1-4H3.